The third-order valence-electron chi connectivity index (χ3n) is 3.80. The van der Waals surface area contributed by atoms with Crippen LogP contribution in [0.25, 0.3) is 0 Å². The van der Waals surface area contributed by atoms with Crippen molar-refractivity contribution in [1.82, 2.24) is 10.2 Å². The van der Waals surface area contributed by atoms with E-state index >= 15 is 0 Å². The summed E-state index contributed by atoms with van der Waals surface area (Å²) in [6.45, 7) is 12.4. The fraction of sp³-hybridized carbons (Fsp3) is 0.529. The highest BCUT2D eigenvalue weighted by atomic mass is 32.3. The maximum atomic E-state index is 13.1. The Morgan fingerprint density at radius 3 is 2.48 bits per heavy atom. The van der Waals surface area contributed by atoms with Crippen molar-refractivity contribution in [3.05, 3.63) is 28.8 Å². The van der Waals surface area contributed by atoms with E-state index in [-0.39, 0.29) is 5.75 Å². The zero-order valence-corrected chi connectivity index (χ0v) is 17.0. The maximum Gasteiger partial charge on any atom is 0.488 e. The standard InChI is InChI=1S/C17H25FN2O3SSi/c1-14-16(5-10-25(2,3)4)11-15(12-17(14)23-24(18,21)22)13-20-8-6-19-7-9-20/h11-12,19H,6-9,13H2,1-4H3. The molecule has 0 unspecified atom stereocenters. The monoisotopic (exact) mass is 384 g/mol. The van der Waals surface area contributed by atoms with Crippen molar-refractivity contribution < 1.29 is 16.5 Å². The summed E-state index contributed by atoms with van der Waals surface area (Å²) in [6.07, 6.45) is 0. The molecule has 1 fully saturated rings. The van der Waals surface area contributed by atoms with Crippen molar-refractivity contribution in [2.45, 2.75) is 33.1 Å². The second-order valence-electron chi connectivity index (χ2n) is 7.27. The minimum atomic E-state index is -5.07. The van der Waals surface area contributed by atoms with Gasteiger partial charge in [-0.05, 0) is 24.6 Å². The minimum Gasteiger partial charge on any atom is -0.358 e. The van der Waals surface area contributed by atoms with E-state index in [1.54, 1.807) is 13.0 Å². The lowest BCUT2D eigenvalue weighted by Gasteiger charge is -2.27. The van der Waals surface area contributed by atoms with Crippen LogP contribution >= 0.6 is 0 Å². The first-order valence-corrected chi connectivity index (χ1v) is 13.1. The summed E-state index contributed by atoms with van der Waals surface area (Å²) in [5, 5.41) is 3.29. The van der Waals surface area contributed by atoms with Gasteiger partial charge in [-0.25, -0.2) is 0 Å². The van der Waals surface area contributed by atoms with E-state index < -0.39 is 18.6 Å². The van der Waals surface area contributed by atoms with Crippen molar-refractivity contribution in [2.75, 3.05) is 26.2 Å². The fourth-order valence-corrected chi connectivity index (χ4v) is 3.44. The quantitative estimate of drug-likeness (QED) is 0.490. The molecule has 138 valence electrons. The molecule has 0 atom stereocenters. The Labute approximate surface area is 151 Å². The first kappa shape index (κ1) is 19.9. The van der Waals surface area contributed by atoms with E-state index in [1.165, 1.54) is 0 Å². The van der Waals surface area contributed by atoms with Gasteiger partial charge in [0, 0.05) is 43.9 Å². The maximum absolute atomic E-state index is 13.1. The zero-order valence-electron chi connectivity index (χ0n) is 15.1. The highest BCUT2D eigenvalue weighted by Crippen LogP contribution is 2.26. The Morgan fingerprint density at radius 2 is 1.92 bits per heavy atom. The van der Waals surface area contributed by atoms with Crippen molar-refractivity contribution in [3.63, 3.8) is 0 Å². The van der Waals surface area contributed by atoms with E-state index in [2.05, 4.69) is 45.5 Å². The molecule has 0 bridgehead atoms. The van der Waals surface area contributed by atoms with Crippen LogP contribution in [-0.4, -0.2) is 47.6 Å². The second kappa shape index (κ2) is 7.87. The summed E-state index contributed by atoms with van der Waals surface area (Å²) in [4.78, 5) is 2.25. The van der Waals surface area contributed by atoms with E-state index in [0.717, 1.165) is 31.7 Å². The van der Waals surface area contributed by atoms with E-state index in [4.69, 9.17) is 0 Å². The van der Waals surface area contributed by atoms with Gasteiger partial charge in [0.1, 0.15) is 13.8 Å². The van der Waals surface area contributed by atoms with Crippen molar-refractivity contribution in [2.24, 2.45) is 0 Å². The number of nitrogens with zero attached hydrogens (tertiary/aromatic N) is 1. The molecule has 1 aromatic rings. The molecule has 1 aliphatic heterocycles. The predicted octanol–water partition coefficient (Wildman–Crippen LogP) is 2.22. The first-order chi connectivity index (χ1) is 11.5. The summed E-state index contributed by atoms with van der Waals surface area (Å²) in [6, 6.07) is 3.54. The Morgan fingerprint density at radius 1 is 1.28 bits per heavy atom. The van der Waals surface area contributed by atoms with Crippen LogP contribution in [0.2, 0.25) is 19.6 Å². The Kier molecular flexibility index (Phi) is 6.27. The van der Waals surface area contributed by atoms with Gasteiger partial charge in [-0.2, -0.15) is 8.42 Å². The van der Waals surface area contributed by atoms with Gasteiger partial charge in [0.2, 0.25) is 0 Å². The molecule has 2 rings (SSSR count). The highest BCUT2D eigenvalue weighted by molar-refractivity contribution is 7.81. The summed E-state index contributed by atoms with van der Waals surface area (Å²) in [7, 11) is -6.67. The average Bonchev–Trinajstić information content (AvgIpc) is 2.48. The molecule has 0 spiro atoms. The van der Waals surface area contributed by atoms with Gasteiger partial charge >= 0.3 is 10.5 Å². The number of piperazine rings is 1. The smallest absolute Gasteiger partial charge is 0.358 e. The Hall–Kier alpha value is -1.40. The minimum absolute atomic E-state index is 0.00927. The van der Waals surface area contributed by atoms with Crippen LogP contribution in [0.3, 0.4) is 0 Å². The molecule has 0 radical (unpaired) electrons. The van der Waals surface area contributed by atoms with Crippen LogP contribution < -0.4 is 9.50 Å². The van der Waals surface area contributed by atoms with Crippen molar-refractivity contribution >= 4 is 18.6 Å². The van der Waals surface area contributed by atoms with Crippen molar-refractivity contribution in [3.8, 4) is 17.2 Å². The van der Waals surface area contributed by atoms with E-state index in [9.17, 15) is 12.3 Å². The SMILES string of the molecule is Cc1c(C#C[Si](C)(C)C)cc(CN2CCNCC2)cc1OS(=O)(=O)F. The fourth-order valence-electron chi connectivity index (χ4n) is 2.54. The van der Waals surface area contributed by atoms with Crippen LogP contribution in [0.4, 0.5) is 3.89 Å². The van der Waals surface area contributed by atoms with Crippen LogP contribution in [-0.2, 0) is 17.0 Å². The lowest BCUT2D eigenvalue weighted by molar-refractivity contribution is 0.233. The van der Waals surface area contributed by atoms with Crippen LogP contribution in [0.15, 0.2) is 12.1 Å². The lowest BCUT2D eigenvalue weighted by atomic mass is 10.0. The zero-order chi connectivity index (χ0) is 18.7. The molecule has 1 saturated heterocycles. The number of hydrogen-bond donors (Lipinski definition) is 1. The molecule has 0 aromatic heterocycles. The molecule has 1 heterocycles. The highest BCUT2D eigenvalue weighted by Gasteiger charge is 2.17. The van der Waals surface area contributed by atoms with Gasteiger partial charge in [-0.3, -0.25) is 4.90 Å². The molecule has 1 aliphatic rings. The Balaban J connectivity index is 2.40. The van der Waals surface area contributed by atoms with Crippen LogP contribution in [0, 0.1) is 18.4 Å². The predicted molar refractivity (Wildman–Crippen MR) is 100 cm³/mol. The van der Waals surface area contributed by atoms with E-state index in [0.29, 0.717) is 17.7 Å². The second-order valence-corrected chi connectivity index (χ2v) is 13.0. The lowest BCUT2D eigenvalue weighted by Crippen LogP contribution is -2.42. The number of rotatable bonds is 4. The van der Waals surface area contributed by atoms with Gasteiger partial charge in [0.15, 0.2) is 0 Å². The number of benzene rings is 1. The first-order valence-electron chi connectivity index (χ1n) is 8.27. The van der Waals surface area contributed by atoms with Gasteiger partial charge in [-0.15, -0.1) is 5.54 Å². The van der Waals surface area contributed by atoms with Gasteiger partial charge in [0.25, 0.3) is 0 Å². The third kappa shape index (κ3) is 6.78. The molecule has 1 aromatic carbocycles. The Bertz CT molecular complexity index is 789. The van der Waals surface area contributed by atoms with Gasteiger partial charge in [0.05, 0.1) is 0 Å². The largest absolute Gasteiger partial charge is 0.488 e. The van der Waals surface area contributed by atoms with Gasteiger partial charge < -0.3 is 9.50 Å². The molecular formula is C17H25FN2O3SSi. The van der Waals surface area contributed by atoms with Crippen molar-refractivity contribution in [1.29, 1.82) is 0 Å². The summed E-state index contributed by atoms with van der Waals surface area (Å²) in [5.74, 6) is 3.15. The molecule has 8 heteroatoms. The number of hydrogen-bond acceptors (Lipinski definition) is 5. The third-order valence-corrected chi connectivity index (χ3v) is 5.05. The summed E-state index contributed by atoms with van der Waals surface area (Å²) >= 11 is 0. The summed E-state index contributed by atoms with van der Waals surface area (Å²) in [5.41, 5.74) is 5.36. The molecular weight excluding hydrogens is 359 g/mol. The summed E-state index contributed by atoms with van der Waals surface area (Å²) < 4.78 is 39.5. The topological polar surface area (TPSA) is 58.6 Å². The molecule has 0 amide bonds. The van der Waals surface area contributed by atoms with Crippen LogP contribution in [0.1, 0.15) is 16.7 Å². The molecule has 0 aliphatic carbocycles. The number of nitrogens with one attached hydrogen (secondary N) is 1. The molecule has 5 nitrogen and oxygen atoms in total. The van der Waals surface area contributed by atoms with Gasteiger partial charge in [-0.1, -0.05) is 29.4 Å². The number of halogens is 1. The van der Waals surface area contributed by atoms with E-state index in [1.807, 2.05) is 6.07 Å². The van der Waals surface area contributed by atoms with Crippen LogP contribution in [0.5, 0.6) is 5.75 Å². The molecule has 1 N–H and O–H groups in total. The molecule has 25 heavy (non-hydrogen) atoms. The normalized spacial score (nSPS) is 16.2. The average molecular weight is 385 g/mol. The molecule has 0 saturated carbocycles.